The van der Waals surface area contributed by atoms with E-state index in [1.165, 1.54) is 0 Å². The van der Waals surface area contributed by atoms with Gasteiger partial charge in [-0.1, -0.05) is 23.2 Å². The van der Waals surface area contributed by atoms with E-state index in [1.807, 2.05) is 36.4 Å². The Balaban J connectivity index is 0.00000137. The van der Waals surface area contributed by atoms with Gasteiger partial charge in [-0.05, 0) is 48.2 Å². The summed E-state index contributed by atoms with van der Waals surface area (Å²) < 4.78 is 4.17. The molecule has 0 amide bonds. The first-order valence-electron chi connectivity index (χ1n) is 10.3. The summed E-state index contributed by atoms with van der Waals surface area (Å²) in [4.78, 5) is 6.90. The third-order valence-corrected chi connectivity index (χ3v) is 6.24. The van der Waals surface area contributed by atoms with E-state index in [0.717, 1.165) is 53.7 Å². The Labute approximate surface area is 218 Å². The lowest BCUT2D eigenvalue weighted by Crippen LogP contribution is -3.00. The Morgan fingerprint density at radius 3 is 1.47 bits per heavy atom. The number of nitrogens with zero attached hydrogens (tertiary/aromatic N) is 2. The highest BCUT2D eigenvalue weighted by Crippen LogP contribution is 2.27. The van der Waals surface area contributed by atoms with Gasteiger partial charge in [-0.3, -0.25) is 0 Å². The molecule has 8 heteroatoms. The molecule has 4 heterocycles. The number of pyridine rings is 2. The highest BCUT2D eigenvalue weighted by molar-refractivity contribution is 6.32. The molecular weight excluding hydrogens is 510 g/mol. The third kappa shape index (κ3) is 4.41. The second-order valence-electron chi connectivity index (χ2n) is 7.87. The molecule has 6 rings (SSSR count). The minimum absolute atomic E-state index is 0. The fourth-order valence-electron chi connectivity index (χ4n) is 4.22. The molecule has 4 nitrogen and oxygen atoms in total. The number of hydrogen-bond acceptors (Lipinski definition) is 0. The molecule has 2 aromatic carbocycles. The van der Waals surface area contributed by atoms with Gasteiger partial charge in [-0.15, -0.1) is 0 Å². The molecule has 2 N–H and O–H groups in total. The molecule has 34 heavy (non-hydrogen) atoms. The van der Waals surface area contributed by atoms with Crippen molar-refractivity contribution in [1.29, 1.82) is 0 Å². The van der Waals surface area contributed by atoms with Crippen LogP contribution in [0.15, 0.2) is 73.3 Å². The zero-order valence-corrected chi connectivity index (χ0v) is 20.8. The number of rotatable bonds is 2. The molecule has 0 fully saturated rings. The maximum absolute atomic E-state index is 6.15. The highest BCUT2D eigenvalue weighted by Gasteiger charge is 2.10. The van der Waals surface area contributed by atoms with Crippen molar-refractivity contribution in [2.75, 3.05) is 0 Å². The first kappa shape index (κ1) is 24.2. The summed E-state index contributed by atoms with van der Waals surface area (Å²) >= 11 is 12.3. The van der Waals surface area contributed by atoms with Gasteiger partial charge < -0.3 is 34.8 Å². The molecule has 0 bridgehead atoms. The fourth-order valence-corrected chi connectivity index (χ4v) is 4.57. The number of halogens is 4. The van der Waals surface area contributed by atoms with Crippen LogP contribution in [0.4, 0.5) is 0 Å². The zero-order valence-electron chi connectivity index (χ0n) is 17.7. The lowest BCUT2D eigenvalue weighted by molar-refractivity contribution is -0.686. The van der Waals surface area contributed by atoms with Crippen LogP contribution in [0.25, 0.3) is 43.6 Å². The molecule has 0 saturated heterocycles. The Kier molecular flexibility index (Phi) is 6.93. The SMILES string of the molecule is Clc1ccc2[nH]c3c[n+](CC#CC[n+]4ccc5c(c4)[nH]c4ccc(Cl)cc45)ccc3c2c1.[Cl-].[Cl-]. The topological polar surface area (TPSA) is 39.3 Å². The normalized spacial score (nSPS) is 10.8. The number of aromatic nitrogens is 4. The number of fused-ring (bicyclic) bond motifs is 6. The lowest BCUT2D eigenvalue weighted by atomic mass is 10.2. The van der Waals surface area contributed by atoms with Crippen molar-refractivity contribution in [3.63, 3.8) is 0 Å². The predicted molar refractivity (Wildman–Crippen MR) is 130 cm³/mol. The van der Waals surface area contributed by atoms with E-state index < -0.39 is 0 Å². The maximum atomic E-state index is 6.15. The van der Waals surface area contributed by atoms with Crippen LogP contribution in [0.3, 0.4) is 0 Å². The minimum atomic E-state index is 0. The fraction of sp³-hybridized carbons (Fsp3) is 0.0769. The molecule has 6 aromatic rings. The van der Waals surface area contributed by atoms with Gasteiger partial charge in [0.25, 0.3) is 0 Å². The molecule has 0 aliphatic rings. The summed E-state index contributed by atoms with van der Waals surface area (Å²) in [6.07, 6.45) is 8.29. The van der Waals surface area contributed by atoms with Crippen LogP contribution in [0.2, 0.25) is 10.0 Å². The Bertz CT molecular complexity index is 1600. The summed E-state index contributed by atoms with van der Waals surface area (Å²) in [7, 11) is 0. The highest BCUT2D eigenvalue weighted by atomic mass is 35.5. The average molecular weight is 528 g/mol. The van der Waals surface area contributed by atoms with Crippen LogP contribution >= 0.6 is 23.2 Å². The van der Waals surface area contributed by atoms with E-state index in [4.69, 9.17) is 23.2 Å². The van der Waals surface area contributed by atoms with Gasteiger partial charge >= 0.3 is 0 Å². The first-order chi connectivity index (χ1) is 15.6. The zero-order chi connectivity index (χ0) is 21.7. The Hall–Kier alpha value is -2.94. The number of nitrogens with one attached hydrogen (secondary N) is 2. The molecule has 0 unspecified atom stereocenters. The number of benzene rings is 2. The Morgan fingerprint density at radius 2 is 1.03 bits per heavy atom. The van der Waals surface area contributed by atoms with E-state index in [0.29, 0.717) is 13.1 Å². The third-order valence-electron chi connectivity index (χ3n) is 5.77. The molecule has 0 spiro atoms. The molecule has 0 radical (unpaired) electrons. The van der Waals surface area contributed by atoms with Crippen molar-refractivity contribution in [2.45, 2.75) is 13.1 Å². The van der Waals surface area contributed by atoms with E-state index in [-0.39, 0.29) is 24.8 Å². The van der Waals surface area contributed by atoms with E-state index >= 15 is 0 Å². The minimum Gasteiger partial charge on any atom is -1.00 e. The van der Waals surface area contributed by atoms with Gasteiger partial charge in [0.05, 0.1) is 0 Å². The predicted octanol–water partition coefficient (Wildman–Crippen LogP) is -0.451. The largest absolute Gasteiger partial charge is 1.00 e. The van der Waals surface area contributed by atoms with Crippen molar-refractivity contribution in [1.82, 2.24) is 9.97 Å². The molecule has 0 aliphatic carbocycles. The summed E-state index contributed by atoms with van der Waals surface area (Å²) in [6.45, 7) is 1.25. The first-order valence-corrected chi connectivity index (χ1v) is 11.1. The van der Waals surface area contributed by atoms with Gasteiger partial charge in [0.1, 0.15) is 11.0 Å². The van der Waals surface area contributed by atoms with E-state index in [1.54, 1.807) is 0 Å². The standard InChI is InChI=1S/C26H16Cl2N4.2ClH/c27-17-3-5-23-21(13-17)19-7-11-31(15-25(19)29-23)9-1-2-10-32-12-8-20-22-14-18(28)4-6-24(22)30-26(20)16-32;;/h3-8,11-16H,9-10H2;2*1H. The van der Waals surface area contributed by atoms with E-state index in [2.05, 4.69) is 67.9 Å². The second kappa shape index (κ2) is 9.74. The van der Waals surface area contributed by atoms with Crippen molar-refractivity contribution < 1.29 is 33.9 Å². The van der Waals surface area contributed by atoms with Crippen LogP contribution in [0, 0.1) is 11.8 Å². The van der Waals surface area contributed by atoms with Gasteiger partial charge in [0, 0.05) is 54.8 Å². The molecule has 0 atom stereocenters. The Morgan fingerprint density at radius 1 is 0.588 bits per heavy atom. The van der Waals surface area contributed by atoms with Crippen LogP contribution in [0.1, 0.15) is 0 Å². The maximum Gasteiger partial charge on any atom is 0.209 e. The molecule has 4 aromatic heterocycles. The second-order valence-corrected chi connectivity index (χ2v) is 8.75. The molecule has 170 valence electrons. The van der Waals surface area contributed by atoms with Crippen LogP contribution in [-0.2, 0) is 13.1 Å². The average Bonchev–Trinajstić information content (AvgIpc) is 3.33. The quantitative estimate of drug-likeness (QED) is 0.226. The van der Waals surface area contributed by atoms with Crippen LogP contribution < -0.4 is 33.9 Å². The van der Waals surface area contributed by atoms with Crippen molar-refractivity contribution in [3.05, 3.63) is 83.4 Å². The number of aromatic amines is 2. The smallest absolute Gasteiger partial charge is 0.209 e. The lowest BCUT2D eigenvalue weighted by Gasteiger charge is -1.93. The molecule has 0 aliphatic heterocycles. The molecular formula is C26H18Cl4N4. The summed E-state index contributed by atoms with van der Waals surface area (Å²) in [6, 6.07) is 16.0. The molecule has 0 saturated carbocycles. The van der Waals surface area contributed by atoms with Crippen LogP contribution in [-0.4, -0.2) is 9.97 Å². The van der Waals surface area contributed by atoms with Crippen LogP contribution in [0.5, 0.6) is 0 Å². The van der Waals surface area contributed by atoms with Gasteiger partial charge in [0.2, 0.25) is 13.1 Å². The summed E-state index contributed by atoms with van der Waals surface area (Å²) in [5.74, 6) is 6.54. The van der Waals surface area contributed by atoms with E-state index in [9.17, 15) is 0 Å². The summed E-state index contributed by atoms with van der Waals surface area (Å²) in [5, 5.41) is 6.08. The van der Waals surface area contributed by atoms with Crippen molar-refractivity contribution >= 4 is 66.8 Å². The van der Waals surface area contributed by atoms with Gasteiger partial charge in [-0.2, -0.15) is 9.13 Å². The monoisotopic (exact) mass is 526 g/mol. The summed E-state index contributed by atoms with van der Waals surface area (Å²) in [5.41, 5.74) is 4.31. The van der Waals surface area contributed by atoms with Crippen molar-refractivity contribution in [2.24, 2.45) is 0 Å². The number of H-pyrrole nitrogens is 2. The number of hydrogen-bond donors (Lipinski definition) is 2. The van der Waals surface area contributed by atoms with Crippen molar-refractivity contribution in [3.8, 4) is 11.8 Å². The van der Waals surface area contributed by atoms with Gasteiger partial charge in [0.15, 0.2) is 24.8 Å². The van der Waals surface area contributed by atoms with Gasteiger partial charge in [-0.25, -0.2) is 0 Å².